The molecule has 0 fully saturated rings. The summed E-state index contributed by atoms with van der Waals surface area (Å²) in [6, 6.07) is 0. The predicted octanol–water partition coefficient (Wildman–Crippen LogP) is 6.54. The summed E-state index contributed by atoms with van der Waals surface area (Å²) in [5.74, 6) is -0.666. The Morgan fingerprint density at radius 3 is 1.38 bits per heavy atom. The van der Waals surface area contributed by atoms with Gasteiger partial charge in [0.05, 0.1) is 5.41 Å². The Labute approximate surface area is 151 Å². The van der Waals surface area contributed by atoms with Crippen molar-refractivity contribution in [2.45, 2.75) is 118 Å². The highest BCUT2D eigenvalue weighted by molar-refractivity contribution is 5.73. The van der Waals surface area contributed by atoms with E-state index in [1.807, 2.05) is 13.8 Å². The molecule has 0 aromatic rings. The third-order valence-electron chi connectivity index (χ3n) is 4.52. The van der Waals surface area contributed by atoms with Gasteiger partial charge in [0.15, 0.2) is 0 Å². The van der Waals surface area contributed by atoms with Gasteiger partial charge in [-0.3, -0.25) is 4.79 Å². The minimum atomic E-state index is -0.666. The zero-order valence-electron chi connectivity index (χ0n) is 17.0. The first-order valence-electron chi connectivity index (χ1n) is 10.4. The summed E-state index contributed by atoms with van der Waals surface area (Å²) >= 11 is 0. The van der Waals surface area contributed by atoms with Crippen molar-refractivity contribution in [1.82, 2.24) is 0 Å². The van der Waals surface area contributed by atoms with Crippen LogP contribution in [0.5, 0.6) is 0 Å². The number of carboxylic acid groups (broad SMARTS) is 1. The number of unbranched alkanes of at least 4 members (excludes halogenated alkanes) is 11. The fraction of sp³-hybridized carbons (Fsp3) is 0.952. The first kappa shape index (κ1) is 25.7. The Morgan fingerprint density at radius 1 is 0.750 bits per heavy atom. The van der Waals surface area contributed by atoms with E-state index >= 15 is 0 Å². The van der Waals surface area contributed by atoms with Crippen LogP contribution in [0.15, 0.2) is 0 Å². The highest BCUT2D eigenvalue weighted by atomic mass is 16.4. The van der Waals surface area contributed by atoms with Crippen LogP contribution in [0.2, 0.25) is 0 Å². The molecule has 0 spiro atoms. The lowest BCUT2D eigenvalue weighted by Gasteiger charge is -2.18. The highest BCUT2D eigenvalue weighted by Gasteiger charge is 2.25. The van der Waals surface area contributed by atoms with Crippen molar-refractivity contribution in [2.75, 3.05) is 6.54 Å². The van der Waals surface area contributed by atoms with Gasteiger partial charge >= 0.3 is 5.97 Å². The molecule has 0 bridgehead atoms. The van der Waals surface area contributed by atoms with E-state index in [0.29, 0.717) is 0 Å². The lowest BCUT2D eigenvalue weighted by Crippen LogP contribution is -2.23. The van der Waals surface area contributed by atoms with Gasteiger partial charge in [-0.15, -0.1) is 0 Å². The lowest BCUT2D eigenvalue weighted by molar-refractivity contribution is -0.147. The molecule has 24 heavy (non-hydrogen) atoms. The molecule has 0 saturated heterocycles. The van der Waals surface area contributed by atoms with Gasteiger partial charge in [0.1, 0.15) is 0 Å². The van der Waals surface area contributed by atoms with Crippen molar-refractivity contribution in [2.24, 2.45) is 11.1 Å². The second-order valence-corrected chi connectivity index (χ2v) is 7.62. The Balaban J connectivity index is 0. The molecule has 0 aromatic heterocycles. The molecule has 0 aliphatic carbocycles. The van der Waals surface area contributed by atoms with Gasteiger partial charge in [-0.25, -0.2) is 0 Å². The number of nitrogens with two attached hydrogens (primary N) is 1. The monoisotopic (exact) mass is 343 g/mol. The van der Waals surface area contributed by atoms with E-state index in [1.165, 1.54) is 70.6 Å². The van der Waals surface area contributed by atoms with Gasteiger partial charge < -0.3 is 10.8 Å². The Hall–Kier alpha value is -0.570. The molecule has 0 unspecified atom stereocenters. The van der Waals surface area contributed by atoms with Crippen molar-refractivity contribution < 1.29 is 9.90 Å². The minimum Gasteiger partial charge on any atom is -0.481 e. The van der Waals surface area contributed by atoms with E-state index in [0.717, 1.165) is 25.8 Å². The van der Waals surface area contributed by atoms with E-state index in [2.05, 4.69) is 13.8 Å². The standard InChI is InChI=1S/C18H36O2.C3H9N/c1-4-5-6-7-8-9-10-11-12-13-14-15-16-18(2,3)17(19)20;1-2-3-4/h4-16H2,1-3H3,(H,19,20);2-4H2,1H3. The van der Waals surface area contributed by atoms with Crippen LogP contribution in [0.1, 0.15) is 118 Å². The highest BCUT2D eigenvalue weighted by Crippen LogP contribution is 2.24. The molecule has 3 nitrogen and oxygen atoms in total. The van der Waals surface area contributed by atoms with Crippen LogP contribution >= 0.6 is 0 Å². The SMILES string of the molecule is CCCCCCCCCCCCCCC(C)(C)C(=O)O.CCCN. The minimum absolute atomic E-state index is 0.543. The van der Waals surface area contributed by atoms with Crippen LogP contribution in [0.4, 0.5) is 0 Å². The Bertz CT molecular complexity index is 263. The molecule has 0 aliphatic rings. The number of hydrogen-bond donors (Lipinski definition) is 2. The smallest absolute Gasteiger partial charge is 0.309 e. The number of aliphatic carboxylic acids is 1. The molecule has 0 atom stereocenters. The largest absolute Gasteiger partial charge is 0.481 e. The Kier molecular flexibility index (Phi) is 20.1. The zero-order valence-corrected chi connectivity index (χ0v) is 17.0. The molecule has 0 heterocycles. The van der Waals surface area contributed by atoms with E-state index in [-0.39, 0.29) is 0 Å². The number of carbonyl (C=O) groups is 1. The third-order valence-corrected chi connectivity index (χ3v) is 4.52. The molecule has 0 aliphatic heterocycles. The molecular weight excluding hydrogens is 298 g/mol. The fourth-order valence-electron chi connectivity index (χ4n) is 2.51. The lowest BCUT2D eigenvalue weighted by atomic mass is 9.87. The van der Waals surface area contributed by atoms with E-state index in [9.17, 15) is 4.79 Å². The van der Waals surface area contributed by atoms with Crippen molar-refractivity contribution in [3.05, 3.63) is 0 Å². The molecule has 0 saturated carbocycles. The van der Waals surface area contributed by atoms with Crippen LogP contribution in [0, 0.1) is 5.41 Å². The summed E-state index contributed by atoms with van der Waals surface area (Å²) in [6.07, 6.45) is 17.8. The summed E-state index contributed by atoms with van der Waals surface area (Å²) in [7, 11) is 0. The van der Waals surface area contributed by atoms with Crippen molar-refractivity contribution in [1.29, 1.82) is 0 Å². The molecule has 3 N–H and O–H groups in total. The molecule has 0 rings (SSSR count). The molecule has 0 radical (unpaired) electrons. The maximum atomic E-state index is 11.0. The van der Waals surface area contributed by atoms with Crippen LogP contribution in [-0.4, -0.2) is 17.6 Å². The van der Waals surface area contributed by atoms with E-state index in [4.69, 9.17) is 10.8 Å². The number of rotatable bonds is 15. The second-order valence-electron chi connectivity index (χ2n) is 7.62. The van der Waals surface area contributed by atoms with Gasteiger partial charge in [0.25, 0.3) is 0 Å². The summed E-state index contributed by atoms with van der Waals surface area (Å²) in [5, 5.41) is 9.02. The first-order valence-corrected chi connectivity index (χ1v) is 10.4. The topological polar surface area (TPSA) is 63.3 Å². The normalized spacial score (nSPS) is 11.0. The van der Waals surface area contributed by atoms with Crippen LogP contribution in [0.3, 0.4) is 0 Å². The van der Waals surface area contributed by atoms with Crippen molar-refractivity contribution >= 4 is 5.97 Å². The van der Waals surface area contributed by atoms with Gasteiger partial charge in [0, 0.05) is 0 Å². The molecular formula is C21H45NO2. The van der Waals surface area contributed by atoms with Crippen molar-refractivity contribution in [3.8, 4) is 0 Å². The Morgan fingerprint density at radius 2 is 1.08 bits per heavy atom. The zero-order chi connectivity index (χ0) is 18.7. The van der Waals surface area contributed by atoms with Crippen molar-refractivity contribution in [3.63, 3.8) is 0 Å². The molecule has 0 aromatic carbocycles. The maximum Gasteiger partial charge on any atom is 0.309 e. The maximum absolute atomic E-state index is 11.0. The van der Waals surface area contributed by atoms with Gasteiger partial charge in [-0.1, -0.05) is 90.9 Å². The third kappa shape index (κ3) is 19.5. The van der Waals surface area contributed by atoms with E-state index in [1.54, 1.807) is 0 Å². The summed E-state index contributed by atoms with van der Waals surface area (Å²) < 4.78 is 0. The molecule has 3 heteroatoms. The van der Waals surface area contributed by atoms with Gasteiger partial charge in [0.2, 0.25) is 0 Å². The average Bonchev–Trinajstić information content (AvgIpc) is 2.56. The molecule has 0 amide bonds. The summed E-state index contributed by atoms with van der Waals surface area (Å²) in [5.41, 5.74) is 4.48. The summed E-state index contributed by atoms with van der Waals surface area (Å²) in [6.45, 7) is 8.79. The summed E-state index contributed by atoms with van der Waals surface area (Å²) in [4.78, 5) is 11.0. The predicted molar refractivity (Wildman–Crippen MR) is 106 cm³/mol. The van der Waals surface area contributed by atoms with Gasteiger partial charge in [-0.2, -0.15) is 0 Å². The second kappa shape index (κ2) is 18.8. The van der Waals surface area contributed by atoms with Gasteiger partial charge in [-0.05, 0) is 33.2 Å². The average molecular weight is 344 g/mol. The number of hydrogen-bond acceptors (Lipinski definition) is 2. The first-order chi connectivity index (χ1) is 11.4. The van der Waals surface area contributed by atoms with Crippen LogP contribution in [0.25, 0.3) is 0 Å². The molecule has 146 valence electrons. The van der Waals surface area contributed by atoms with E-state index < -0.39 is 11.4 Å². The van der Waals surface area contributed by atoms with Crippen LogP contribution < -0.4 is 5.73 Å². The number of carboxylic acids is 1. The van der Waals surface area contributed by atoms with Crippen LogP contribution in [-0.2, 0) is 4.79 Å². The quantitative estimate of drug-likeness (QED) is 0.332. The fourth-order valence-corrected chi connectivity index (χ4v) is 2.51.